The van der Waals surface area contributed by atoms with Crippen LogP contribution >= 0.6 is 22.6 Å². The van der Waals surface area contributed by atoms with E-state index in [-0.39, 0.29) is 12.1 Å². The zero-order valence-corrected chi connectivity index (χ0v) is 8.26. The summed E-state index contributed by atoms with van der Waals surface area (Å²) in [6.45, 7) is 0.101. The molecule has 0 aliphatic rings. The van der Waals surface area contributed by atoms with E-state index in [4.69, 9.17) is 5.73 Å². The van der Waals surface area contributed by atoms with E-state index in [0.29, 0.717) is 9.13 Å². The fourth-order valence-corrected chi connectivity index (χ4v) is 1.63. The Hall–Kier alpha value is -0.300. The van der Waals surface area contributed by atoms with Gasteiger partial charge in [0.1, 0.15) is 0 Å². The van der Waals surface area contributed by atoms with E-state index in [9.17, 15) is 8.78 Å². The number of nitrogens with zero attached hydrogens (tertiary/aromatic N) is 1. The summed E-state index contributed by atoms with van der Waals surface area (Å²) < 4.78 is 25.2. The molecule has 1 heterocycles. The second-order valence-electron chi connectivity index (χ2n) is 2.20. The summed E-state index contributed by atoms with van der Waals surface area (Å²) in [6.07, 6.45) is 0.309. The smallest absolute Gasteiger partial charge is 0.265 e. The standard InChI is InChI=1S/C7H7F2IN2/c8-7(9)6-4(1-11)2-12-3-5(6)10/h2-3,7H,1,11H2. The van der Waals surface area contributed by atoms with Crippen molar-refractivity contribution in [2.75, 3.05) is 0 Å². The van der Waals surface area contributed by atoms with Crippen molar-refractivity contribution in [1.82, 2.24) is 4.98 Å². The normalized spacial score (nSPS) is 10.8. The van der Waals surface area contributed by atoms with E-state index in [1.807, 2.05) is 22.6 Å². The number of hydrogen-bond donors (Lipinski definition) is 1. The average Bonchev–Trinajstić information content (AvgIpc) is 2.03. The largest absolute Gasteiger partial charge is 0.326 e. The van der Waals surface area contributed by atoms with Crippen LogP contribution in [0.2, 0.25) is 0 Å². The molecule has 0 aliphatic heterocycles. The lowest BCUT2D eigenvalue weighted by molar-refractivity contribution is 0.149. The second kappa shape index (κ2) is 4.08. The highest BCUT2D eigenvalue weighted by atomic mass is 127. The third kappa shape index (κ3) is 1.89. The quantitative estimate of drug-likeness (QED) is 0.844. The van der Waals surface area contributed by atoms with Gasteiger partial charge in [0.2, 0.25) is 0 Å². The van der Waals surface area contributed by atoms with Crippen LogP contribution in [0.1, 0.15) is 17.6 Å². The predicted octanol–water partition coefficient (Wildman–Crippen LogP) is 2.08. The highest BCUT2D eigenvalue weighted by Gasteiger charge is 2.15. The molecular weight excluding hydrogens is 277 g/mol. The van der Waals surface area contributed by atoms with Gasteiger partial charge in [-0.25, -0.2) is 8.78 Å². The van der Waals surface area contributed by atoms with Gasteiger partial charge >= 0.3 is 0 Å². The van der Waals surface area contributed by atoms with E-state index >= 15 is 0 Å². The molecule has 2 nitrogen and oxygen atoms in total. The molecular formula is C7H7F2IN2. The molecule has 0 aromatic carbocycles. The molecule has 0 unspecified atom stereocenters. The Morgan fingerprint density at radius 2 is 2.17 bits per heavy atom. The fraction of sp³-hybridized carbons (Fsp3) is 0.286. The van der Waals surface area contributed by atoms with Crippen LogP contribution in [0.5, 0.6) is 0 Å². The van der Waals surface area contributed by atoms with E-state index in [0.717, 1.165) is 0 Å². The summed E-state index contributed by atoms with van der Waals surface area (Å²) in [4.78, 5) is 3.78. The maximum Gasteiger partial charge on any atom is 0.265 e. The molecule has 0 radical (unpaired) electrons. The zero-order valence-electron chi connectivity index (χ0n) is 6.10. The molecule has 0 fully saturated rings. The Balaban J connectivity index is 3.20. The van der Waals surface area contributed by atoms with Crippen molar-refractivity contribution in [1.29, 1.82) is 0 Å². The summed E-state index contributed by atoms with van der Waals surface area (Å²) in [5.74, 6) is 0. The Bertz CT molecular complexity index is 278. The van der Waals surface area contributed by atoms with E-state index < -0.39 is 6.43 Å². The number of alkyl halides is 2. The Kier molecular flexibility index (Phi) is 3.33. The highest BCUT2D eigenvalue weighted by molar-refractivity contribution is 14.1. The first-order valence-electron chi connectivity index (χ1n) is 3.27. The maximum absolute atomic E-state index is 12.4. The van der Waals surface area contributed by atoms with Crippen LogP contribution < -0.4 is 5.73 Å². The van der Waals surface area contributed by atoms with Gasteiger partial charge in [-0.05, 0) is 28.2 Å². The number of nitrogens with two attached hydrogens (primary N) is 1. The average molecular weight is 284 g/mol. The predicted molar refractivity (Wildman–Crippen MR) is 49.8 cm³/mol. The van der Waals surface area contributed by atoms with Crippen molar-refractivity contribution in [2.24, 2.45) is 5.73 Å². The molecule has 0 atom stereocenters. The van der Waals surface area contributed by atoms with Gasteiger partial charge in [-0.2, -0.15) is 0 Å². The first-order chi connectivity index (χ1) is 5.66. The molecule has 2 N–H and O–H groups in total. The summed E-state index contributed by atoms with van der Waals surface area (Å²) in [7, 11) is 0. The van der Waals surface area contributed by atoms with Gasteiger partial charge in [-0.3, -0.25) is 4.98 Å². The van der Waals surface area contributed by atoms with Crippen LogP contribution in [0.3, 0.4) is 0 Å². The van der Waals surface area contributed by atoms with Crippen LogP contribution in [0.25, 0.3) is 0 Å². The van der Waals surface area contributed by atoms with E-state index in [1.54, 1.807) is 0 Å². The van der Waals surface area contributed by atoms with Crippen molar-refractivity contribution in [3.05, 3.63) is 27.1 Å². The van der Waals surface area contributed by atoms with E-state index in [2.05, 4.69) is 4.98 Å². The lowest BCUT2D eigenvalue weighted by Crippen LogP contribution is -2.04. The van der Waals surface area contributed by atoms with Gasteiger partial charge in [0.25, 0.3) is 6.43 Å². The van der Waals surface area contributed by atoms with Crippen LogP contribution in [0, 0.1) is 3.57 Å². The Morgan fingerprint density at radius 1 is 1.50 bits per heavy atom. The third-order valence-electron chi connectivity index (χ3n) is 1.46. The lowest BCUT2D eigenvalue weighted by atomic mass is 10.1. The number of hydrogen-bond acceptors (Lipinski definition) is 2. The molecule has 0 aliphatic carbocycles. The van der Waals surface area contributed by atoms with Crippen LogP contribution in [-0.2, 0) is 6.54 Å². The zero-order chi connectivity index (χ0) is 9.14. The van der Waals surface area contributed by atoms with Gasteiger partial charge in [-0.1, -0.05) is 0 Å². The van der Waals surface area contributed by atoms with E-state index in [1.165, 1.54) is 12.4 Å². The maximum atomic E-state index is 12.4. The molecule has 5 heteroatoms. The molecule has 0 saturated carbocycles. The number of halogens is 3. The lowest BCUT2D eigenvalue weighted by Gasteiger charge is -2.07. The molecule has 1 aromatic rings. The SMILES string of the molecule is NCc1cncc(I)c1C(F)F. The summed E-state index contributed by atoms with van der Waals surface area (Å²) in [6, 6.07) is 0. The Morgan fingerprint density at radius 3 is 2.58 bits per heavy atom. The van der Waals surface area contributed by atoms with Crippen molar-refractivity contribution < 1.29 is 8.78 Å². The second-order valence-corrected chi connectivity index (χ2v) is 3.36. The Labute approximate surface area is 82.3 Å². The summed E-state index contributed by atoms with van der Waals surface area (Å²) in [5.41, 5.74) is 5.70. The monoisotopic (exact) mass is 284 g/mol. The molecule has 1 aromatic heterocycles. The van der Waals surface area contributed by atoms with Crippen molar-refractivity contribution in [3.8, 4) is 0 Å². The minimum Gasteiger partial charge on any atom is -0.326 e. The van der Waals surface area contributed by atoms with Gasteiger partial charge in [0.05, 0.1) is 0 Å². The summed E-state index contributed by atoms with van der Waals surface area (Å²) in [5, 5.41) is 0. The first kappa shape index (κ1) is 9.79. The number of aromatic nitrogens is 1. The topological polar surface area (TPSA) is 38.9 Å². The molecule has 0 spiro atoms. The summed E-state index contributed by atoms with van der Waals surface area (Å²) >= 11 is 1.83. The third-order valence-corrected chi connectivity index (χ3v) is 2.32. The minimum absolute atomic E-state index is 0.00750. The molecule has 0 amide bonds. The van der Waals surface area contributed by atoms with Crippen molar-refractivity contribution in [3.63, 3.8) is 0 Å². The van der Waals surface area contributed by atoms with Gasteiger partial charge in [-0.15, -0.1) is 0 Å². The van der Waals surface area contributed by atoms with Crippen LogP contribution in [0.4, 0.5) is 8.78 Å². The molecule has 12 heavy (non-hydrogen) atoms. The van der Waals surface area contributed by atoms with Gasteiger partial charge < -0.3 is 5.73 Å². The fourth-order valence-electron chi connectivity index (χ4n) is 0.892. The molecule has 1 rings (SSSR count). The highest BCUT2D eigenvalue weighted by Crippen LogP contribution is 2.26. The van der Waals surface area contributed by atoms with Gasteiger partial charge in [0.15, 0.2) is 0 Å². The molecule has 0 bridgehead atoms. The molecule has 0 saturated heterocycles. The van der Waals surface area contributed by atoms with Crippen molar-refractivity contribution in [2.45, 2.75) is 13.0 Å². The van der Waals surface area contributed by atoms with Crippen LogP contribution in [0.15, 0.2) is 12.4 Å². The number of rotatable bonds is 2. The van der Waals surface area contributed by atoms with Crippen molar-refractivity contribution >= 4 is 22.6 Å². The first-order valence-corrected chi connectivity index (χ1v) is 4.35. The minimum atomic E-state index is -2.47. The number of pyridine rings is 1. The van der Waals surface area contributed by atoms with Gasteiger partial charge in [0, 0.05) is 28.1 Å². The molecule has 66 valence electrons. The van der Waals surface area contributed by atoms with Crippen LogP contribution in [-0.4, -0.2) is 4.98 Å².